The number of likely N-dealkylation sites (tertiary alicyclic amines) is 2. The normalized spacial score (nSPS) is 16.7. The van der Waals surface area contributed by atoms with Crippen LogP contribution in [0, 0.1) is 19.8 Å². The average Bonchev–Trinajstić information content (AvgIpc) is 3.96. The van der Waals surface area contributed by atoms with Gasteiger partial charge in [-0.1, -0.05) is 48.5 Å². The average molecular weight is 1050 g/mol. The highest BCUT2D eigenvalue weighted by Gasteiger charge is 2.30. The van der Waals surface area contributed by atoms with E-state index in [1.807, 2.05) is 125 Å². The van der Waals surface area contributed by atoms with Crippen molar-refractivity contribution in [3.63, 3.8) is 0 Å². The molecule has 0 aliphatic carbocycles. The molecule has 6 aromatic rings. The minimum absolute atomic E-state index is 0.0114. The summed E-state index contributed by atoms with van der Waals surface area (Å²) in [5.74, 6) is 1.25. The zero-order valence-electron chi connectivity index (χ0n) is 46.1. The SMILES string of the molecule is Cc1cc(C(=O)N2Cc3cnn(C)c3Cc3ccccc32)ccc1CCC(=O)N1CCC(=O)CC1.Cc1cc(C(=O)N2Cc3cnn(C)c3Cc3ccccc32)ccc1CCC(=O)N1CCC(CCCN2CCOCC2)CC1. The molecule has 0 N–H and O–H groups in total. The number of hydrogen-bond donors (Lipinski definition) is 0. The fourth-order valence-corrected chi connectivity index (χ4v) is 12.1. The molecule has 15 heteroatoms. The van der Waals surface area contributed by atoms with Crippen LogP contribution in [0.3, 0.4) is 0 Å². The number of carbonyl (C=O) groups is 5. The van der Waals surface area contributed by atoms with E-state index >= 15 is 0 Å². The van der Waals surface area contributed by atoms with Gasteiger partial charge in [-0.3, -0.25) is 38.2 Å². The van der Waals surface area contributed by atoms with Crippen molar-refractivity contribution in [1.29, 1.82) is 0 Å². The molecular weight excluding hydrogens is 979 g/mol. The van der Waals surface area contributed by atoms with Crippen LogP contribution in [0.5, 0.6) is 0 Å². The summed E-state index contributed by atoms with van der Waals surface area (Å²) in [6, 6.07) is 27.9. The van der Waals surface area contributed by atoms with Crippen LogP contribution in [-0.2, 0) is 72.0 Å². The number of benzene rings is 4. The molecule has 5 aliphatic rings. The number of ether oxygens (including phenoxy) is 1. The summed E-state index contributed by atoms with van der Waals surface area (Å²) < 4.78 is 9.25. The van der Waals surface area contributed by atoms with Gasteiger partial charge in [0.25, 0.3) is 11.8 Å². The molecule has 408 valence electrons. The number of hydrogen-bond acceptors (Lipinski definition) is 9. The molecule has 0 unspecified atom stereocenters. The smallest absolute Gasteiger partial charge is 0.258 e. The molecule has 3 saturated heterocycles. The summed E-state index contributed by atoms with van der Waals surface area (Å²) in [7, 11) is 3.90. The van der Waals surface area contributed by atoms with Crippen molar-refractivity contribution in [3.05, 3.63) is 164 Å². The molecule has 2 aromatic heterocycles. The van der Waals surface area contributed by atoms with E-state index in [0.717, 1.165) is 138 Å². The summed E-state index contributed by atoms with van der Waals surface area (Å²) in [6.45, 7) is 12.9. The van der Waals surface area contributed by atoms with E-state index in [-0.39, 0.29) is 29.4 Å². The minimum atomic E-state index is -0.0436. The number of rotatable bonds is 12. The topological polar surface area (TPSA) is 146 Å². The Morgan fingerprint density at radius 3 is 1.55 bits per heavy atom. The summed E-state index contributed by atoms with van der Waals surface area (Å²) in [6.07, 6.45) is 13.1. The van der Waals surface area contributed by atoms with Gasteiger partial charge in [-0.2, -0.15) is 10.2 Å². The van der Waals surface area contributed by atoms with Crippen LogP contribution in [0.4, 0.5) is 11.4 Å². The molecule has 78 heavy (non-hydrogen) atoms. The van der Waals surface area contributed by atoms with Crippen molar-refractivity contribution in [2.75, 3.05) is 68.8 Å². The number of nitrogens with zero attached hydrogens (tertiary/aromatic N) is 9. The molecule has 5 aliphatic heterocycles. The number of anilines is 2. The Bertz CT molecular complexity index is 3150. The van der Waals surface area contributed by atoms with Crippen molar-refractivity contribution in [2.24, 2.45) is 20.0 Å². The molecule has 0 spiro atoms. The first-order valence-corrected chi connectivity index (χ1v) is 28.2. The molecule has 0 radical (unpaired) electrons. The molecule has 0 saturated carbocycles. The number of ketones is 1. The number of amides is 4. The van der Waals surface area contributed by atoms with Crippen LogP contribution in [0.15, 0.2) is 97.3 Å². The summed E-state index contributed by atoms with van der Waals surface area (Å²) >= 11 is 0. The van der Waals surface area contributed by atoms with Gasteiger partial charge in [0.05, 0.1) is 38.7 Å². The van der Waals surface area contributed by atoms with Gasteiger partial charge in [0.15, 0.2) is 0 Å². The Hall–Kier alpha value is -7.23. The Kier molecular flexibility index (Phi) is 17.1. The molecule has 0 atom stereocenters. The second-order valence-electron chi connectivity index (χ2n) is 22.0. The fourth-order valence-electron chi connectivity index (χ4n) is 12.1. The van der Waals surface area contributed by atoms with Crippen LogP contribution >= 0.6 is 0 Å². The van der Waals surface area contributed by atoms with Crippen LogP contribution in [0.25, 0.3) is 0 Å². The first-order chi connectivity index (χ1) is 37.9. The third-order valence-electron chi connectivity index (χ3n) is 17.0. The van der Waals surface area contributed by atoms with Gasteiger partial charge in [0.1, 0.15) is 5.78 Å². The number of morpholine rings is 1. The number of carbonyl (C=O) groups excluding carboxylic acids is 5. The number of para-hydroxylation sites is 2. The Morgan fingerprint density at radius 2 is 1.06 bits per heavy atom. The summed E-state index contributed by atoms with van der Waals surface area (Å²) in [5.41, 5.74) is 14.1. The second kappa shape index (κ2) is 24.6. The lowest BCUT2D eigenvalue weighted by Gasteiger charge is -2.33. The zero-order chi connectivity index (χ0) is 54.3. The van der Waals surface area contributed by atoms with E-state index in [4.69, 9.17) is 4.74 Å². The lowest BCUT2D eigenvalue weighted by Crippen LogP contribution is -2.39. The van der Waals surface area contributed by atoms with E-state index in [2.05, 4.69) is 39.1 Å². The summed E-state index contributed by atoms with van der Waals surface area (Å²) in [4.78, 5) is 74.8. The van der Waals surface area contributed by atoms with Crippen LogP contribution < -0.4 is 9.80 Å². The maximum Gasteiger partial charge on any atom is 0.258 e. The molecule has 11 rings (SSSR count). The predicted molar refractivity (Wildman–Crippen MR) is 302 cm³/mol. The predicted octanol–water partition coefficient (Wildman–Crippen LogP) is 8.37. The van der Waals surface area contributed by atoms with Crippen LogP contribution in [0.2, 0.25) is 0 Å². The highest BCUT2D eigenvalue weighted by Crippen LogP contribution is 2.34. The van der Waals surface area contributed by atoms with E-state index in [1.165, 1.54) is 19.4 Å². The third kappa shape index (κ3) is 12.5. The van der Waals surface area contributed by atoms with E-state index in [0.29, 0.717) is 75.8 Å². The van der Waals surface area contributed by atoms with E-state index in [1.54, 1.807) is 4.90 Å². The first kappa shape index (κ1) is 54.1. The van der Waals surface area contributed by atoms with Gasteiger partial charge in [0.2, 0.25) is 11.8 Å². The number of fused-ring (bicyclic) bond motifs is 4. The monoisotopic (exact) mass is 1050 g/mol. The van der Waals surface area contributed by atoms with Gasteiger partial charge < -0.3 is 24.3 Å². The molecule has 3 fully saturated rings. The van der Waals surface area contributed by atoms with E-state index in [9.17, 15) is 24.0 Å². The maximum absolute atomic E-state index is 13.9. The highest BCUT2D eigenvalue weighted by molar-refractivity contribution is 6.07. The van der Waals surface area contributed by atoms with Crippen molar-refractivity contribution >= 4 is 40.8 Å². The van der Waals surface area contributed by atoms with Gasteiger partial charge in [-0.25, -0.2) is 0 Å². The van der Waals surface area contributed by atoms with Crippen LogP contribution in [0.1, 0.15) is 128 Å². The largest absolute Gasteiger partial charge is 0.379 e. The van der Waals surface area contributed by atoms with Crippen LogP contribution in [-0.4, -0.2) is 123 Å². The lowest BCUT2D eigenvalue weighted by molar-refractivity contribution is -0.135. The maximum atomic E-state index is 13.9. The highest BCUT2D eigenvalue weighted by atomic mass is 16.5. The number of Topliss-reactive ketones (excluding diaryl/α,β-unsaturated/α-hetero) is 1. The minimum Gasteiger partial charge on any atom is -0.379 e. The molecule has 15 nitrogen and oxygen atoms in total. The molecular formula is C63H75N9O6. The number of aromatic nitrogens is 4. The zero-order valence-corrected chi connectivity index (χ0v) is 46.1. The quantitative estimate of drug-likeness (QED) is 0.118. The van der Waals surface area contributed by atoms with E-state index < -0.39 is 0 Å². The lowest BCUT2D eigenvalue weighted by atomic mass is 9.91. The van der Waals surface area contributed by atoms with Gasteiger partial charge in [-0.05, 0) is 135 Å². The second-order valence-corrected chi connectivity index (χ2v) is 22.0. The van der Waals surface area contributed by atoms with Crippen molar-refractivity contribution in [1.82, 2.24) is 34.3 Å². The number of piperidine rings is 2. The molecule has 7 heterocycles. The number of aryl methyl sites for hydroxylation is 6. The van der Waals surface area contributed by atoms with Gasteiger partial charge in [-0.15, -0.1) is 0 Å². The fraction of sp³-hybridized carbons (Fsp3) is 0.444. The third-order valence-corrected chi connectivity index (χ3v) is 17.0. The van der Waals surface area contributed by atoms with Gasteiger partial charge in [0, 0.05) is 137 Å². The van der Waals surface area contributed by atoms with Gasteiger partial charge >= 0.3 is 0 Å². The summed E-state index contributed by atoms with van der Waals surface area (Å²) in [5, 5.41) is 8.86. The molecule has 4 aromatic carbocycles. The van der Waals surface area contributed by atoms with Crippen molar-refractivity contribution in [3.8, 4) is 0 Å². The first-order valence-electron chi connectivity index (χ1n) is 28.2. The Labute approximate surface area is 459 Å². The van der Waals surface area contributed by atoms with Crippen molar-refractivity contribution < 1.29 is 28.7 Å². The Balaban J connectivity index is 0.000000180. The molecule has 0 bridgehead atoms. The van der Waals surface area contributed by atoms with Crippen molar-refractivity contribution in [2.45, 2.75) is 104 Å². The standard InChI is InChI=1S/C35H45N5O3.C28H30N4O3/c1-26-22-30(35(42)40-25-31-24-36-37(2)33(31)23-29-7-3-4-8-32(29)40)10-9-28(26)11-12-34(41)39-16-13-27(14-17-39)6-5-15-38-18-20-43-21-19-38;1-19-15-22(8-7-20(19)9-10-27(34)31-13-11-24(33)12-14-31)28(35)32-18-23-17-29-30(2)26(23)16-21-5-3-4-6-25(21)32/h3-4,7-10,22,24,27H,5-6,11-21,23,25H2,1-2H3;3-8,15,17H,9-14,16,18H2,1-2H3. The Morgan fingerprint density at radius 1 is 0.590 bits per heavy atom. The molecule has 4 amide bonds.